The van der Waals surface area contributed by atoms with Crippen LogP contribution in [0.3, 0.4) is 0 Å². The first-order valence-corrected chi connectivity index (χ1v) is 8.56. The van der Waals surface area contributed by atoms with Crippen molar-refractivity contribution in [3.8, 4) is 0 Å². The van der Waals surface area contributed by atoms with E-state index in [2.05, 4.69) is 0 Å². The molecule has 0 fully saturated rings. The summed E-state index contributed by atoms with van der Waals surface area (Å²) in [5.74, 6) is -0.832. The van der Waals surface area contributed by atoms with E-state index < -0.39 is 12.1 Å². The van der Waals surface area contributed by atoms with Gasteiger partial charge in [-0.3, -0.25) is 0 Å². The van der Waals surface area contributed by atoms with Gasteiger partial charge in [-0.1, -0.05) is 20.3 Å². The second kappa shape index (κ2) is 11.6. The zero-order chi connectivity index (χ0) is 18.7. The molecule has 0 radical (unpaired) electrons. The molecule has 6 heteroatoms. The van der Waals surface area contributed by atoms with Gasteiger partial charge >= 0.3 is 11.9 Å². The molecule has 0 unspecified atom stereocenters. The number of methoxy groups -OCH3 is 2. The van der Waals surface area contributed by atoms with E-state index in [9.17, 15) is 9.59 Å². The molecule has 140 valence electrons. The maximum absolute atomic E-state index is 12.4. The lowest BCUT2D eigenvalue weighted by Crippen LogP contribution is -2.28. The second-order valence-corrected chi connectivity index (χ2v) is 5.65. The highest BCUT2D eigenvalue weighted by molar-refractivity contribution is 5.95. The van der Waals surface area contributed by atoms with Gasteiger partial charge < -0.3 is 18.9 Å². The third-order valence-corrected chi connectivity index (χ3v) is 3.65. The van der Waals surface area contributed by atoms with Gasteiger partial charge in [-0.25, -0.2) is 9.59 Å². The van der Waals surface area contributed by atoms with E-state index in [1.165, 1.54) is 14.2 Å². The topological polar surface area (TPSA) is 71.1 Å². The highest BCUT2D eigenvalue weighted by Gasteiger charge is 2.20. The van der Waals surface area contributed by atoms with Crippen molar-refractivity contribution in [2.45, 2.75) is 39.2 Å². The Kier molecular flexibility index (Phi) is 9.80. The van der Waals surface area contributed by atoms with Crippen molar-refractivity contribution in [3.05, 3.63) is 34.9 Å². The van der Waals surface area contributed by atoms with Crippen molar-refractivity contribution in [2.24, 2.45) is 0 Å². The Labute approximate surface area is 149 Å². The summed E-state index contributed by atoms with van der Waals surface area (Å²) in [6, 6.07) is 4.88. The molecule has 6 nitrogen and oxygen atoms in total. The van der Waals surface area contributed by atoms with Crippen molar-refractivity contribution in [3.63, 3.8) is 0 Å². The molecular formula is C19H28O6. The highest BCUT2D eigenvalue weighted by Crippen LogP contribution is 2.16. The highest BCUT2D eigenvalue weighted by atomic mass is 16.6. The zero-order valence-electron chi connectivity index (χ0n) is 15.5. The third kappa shape index (κ3) is 6.84. The fourth-order valence-corrected chi connectivity index (χ4v) is 2.31. The van der Waals surface area contributed by atoms with Crippen LogP contribution in [0.4, 0.5) is 0 Å². The number of hydrogen-bond acceptors (Lipinski definition) is 6. The summed E-state index contributed by atoms with van der Waals surface area (Å²) in [6.45, 7) is 4.85. The normalized spacial score (nSPS) is 10.8. The number of carbonyl (C=O) groups is 2. The second-order valence-electron chi connectivity index (χ2n) is 5.65. The maximum Gasteiger partial charge on any atom is 0.338 e. The fraction of sp³-hybridized carbons (Fsp3) is 0.579. The van der Waals surface area contributed by atoms with Gasteiger partial charge in [0.15, 0.2) is 0 Å². The zero-order valence-corrected chi connectivity index (χ0v) is 15.5. The number of rotatable bonds is 11. The molecule has 1 aromatic carbocycles. The van der Waals surface area contributed by atoms with Crippen LogP contribution in [0.15, 0.2) is 18.2 Å². The van der Waals surface area contributed by atoms with Crippen molar-refractivity contribution < 1.29 is 28.5 Å². The molecule has 0 bridgehead atoms. The van der Waals surface area contributed by atoms with Crippen LogP contribution in [0.25, 0.3) is 0 Å². The van der Waals surface area contributed by atoms with E-state index in [1.54, 1.807) is 18.2 Å². The Morgan fingerprint density at radius 1 is 1.04 bits per heavy atom. The lowest BCUT2D eigenvalue weighted by atomic mass is 10.0. The molecule has 0 heterocycles. The number of esters is 2. The smallest absolute Gasteiger partial charge is 0.338 e. The van der Waals surface area contributed by atoms with Gasteiger partial charge in [-0.2, -0.15) is 0 Å². The van der Waals surface area contributed by atoms with E-state index in [1.807, 2.05) is 13.8 Å². The van der Waals surface area contributed by atoms with Crippen molar-refractivity contribution in [2.75, 3.05) is 34.0 Å². The number of ether oxygens (including phenoxy) is 4. The molecule has 0 saturated carbocycles. The third-order valence-electron chi connectivity index (χ3n) is 3.65. The molecule has 0 aliphatic carbocycles. The van der Waals surface area contributed by atoms with Crippen LogP contribution in [0.1, 0.15) is 53.0 Å². The van der Waals surface area contributed by atoms with Gasteiger partial charge in [0, 0.05) is 14.2 Å². The molecule has 0 aliphatic heterocycles. The first-order valence-electron chi connectivity index (χ1n) is 8.56. The summed E-state index contributed by atoms with van der Waals surface area (Å²) in [7, 11) is 3.07. The monoisotopic (exact) mass is 352 g/mol. The number of hydrogen-bond donors (Lipinski definition) is 0. The molecule has 0 N–H and O–H groups in total. The van der Waals surface area contributed by atoms with Crippen LogP contribution in [0, 0.1) is 0 Å². The summed E-state index contributed by atoms with van der Waals surface area (Å²) in [5.41, 5.74) is 1.61. The first kappa shape index (κ1) is 21.1. The fourth-order valence-electron chi connectivity index (χ4n) is 2.31. The summed E-state index contributed by atoms with van der Waals surface area (Å²) < 4.78 is 20.7. The van der Waals surface area contributed by atoms with Crippen LogP contribution >= 0.6 is 0 Å². The molecule has 0 spiro atoms. The van der Waals surface area contributed by atoms with Gasteiger partial charge in [0.25, 0.3) is 0 Å². The Bertz CT molecular complexity index is 549. The van der Waals surface area contributed by atoms with Crippen molar-refractivity contribution in [1.29, 1.82) is 0 Å². The number of unbranched alkanes of at least 4 members (excludes halogenated alkanes) is 1. The average Bonchev–Trinajstić information content (AvgIpc) is 2.61. The maximum atomic E-state index is 12.4. The molecule has 1 rings (SSSR count). The summed E-state index contributed by atoms with van der Waals surface area (Å²) in [4.78, 5) is 24.5. The average molecular weight is 352 g/mol. The number of carbonyl (C=O) groups excluding carboxylic acids is 2. The van der Waals surface area contributed by atoms with Gasteiger partial charge in [0.2, 0.25) is 0 Å². The predicted molar refractivity (Wildman–Crippen MR) is 94.0 cm³/mol. The quantitative estimate of drug-likeness (QED) is 0.450. The molecule has 1 aromatic rings. The van der Waals surface area contributed by atoms with Gasteiger partial charge in [0.1, 0.15) is 6.10 Å². The lowest BCUT2D eigenvalue weighted by Gasteiger charge is -2.17. The van der Waals surface area contributed by atoms with Crippen molar-refractivity contribution >= 4 is 11.9 Å². The minimum absolute atomic E-state index is 0.253. The SMILES string of the molecule is CCCCOC(=O)c1ccc(C(=O)OC(COC)COC)c(CC)c1. The van der Waals surface area contributed by atoms with Gasteiger partial charge in [-0.15, -0.1) is 0 Å². The standard InChI is InChI=1S/C19H28O6/c1-5-7-10-24-18(20)15-8-9-17(14(6-2)11-15)19(21)25-16(12-22-3)13-23-4/h8-9,11,16H,5-7,10,12-13H2,1-4H3. The molecular weight excluding hydrogens is 324 g/mol. The Morgan fingerprint density at radius 2 is 1.72 bits per heavy atom. The predicted octanol–water partition coefficient (Wildman–Crippen LogP) is 3.02. The van der Waals surface area contributed by atoms with E-state index in [0.29, 0.717) is 24.2 Å². The van der Waals surface area contributed by atoms with Crippen LogP contribution < -0.4 is 0 Å². The summed E-state index contributed by atoms with van der Waals surface area (Å²) in [6.07, 6.45) is 1.91. The van der Waals surface area contributed by atoms with Crippen LogP contribution in [-0.4, -0.2) is 52.1 Å². The molecule has 0 aromatic heterocycles. The van der Waals surface area contributed by atoms with Gasteiger partial charge in [-0.05, 0) is 36.6 Å². The van der Waals surface area contributed by atoms with Crippen LogP contribution in [-0.2, 0) is 25.4 Å². The summed E-state index contributed by atoms with van der Waals surface area (Å²) >= 11 is 0. The van der Waals surface area contributed by atoms with E-state index >= 15 is 0 Å². The van der Waals surface area contributed by atoms with Crippen molar-refractivity contribution in [1.82, 2.24) is 0 Å². The van der Waals surface area contributed by atoms with Crippen LogP contribution in [0.5, 0.6) is 0 Å². The van der Waals surface area contributed by atoms with Crippen LogP contribution in [0.2, 0.25) is 0 Å². The molecule has 0 amide bonds. The van der Waals surface area contributed by atoms with E-state index in [4.69, 9.17) is 18.9 Å². The molecule has 0 atom stereocenters. The minimum atomic E-state index is -0.481. The molecule has 0 saturated heterocycles. The Hall–Kier alpha value is -1.92. The number of benzene rings is 1. The molecule has 25 heavy (non-hydrogen) atoms. The Balaban J connectivity index is 2.86. The summed E-state index contributed by atoms with van der Waals surface area (Å²) in [5, 5.41) is 0. The van der Waals surface area contributed by atoms with E-state index in [0.717, 1.165) is 18.4 Å². The molecule has 0 aliphatic rings. The van der Waals surface area contributed by atoms with E-state index in [-0.39, 0.29) is 19.2 Å². The van der Waals surface area contributed by atoms with Gasteiger partial charge in [0.05, 0.1) is 30.9 Å². The minimum Gasteiger partial charge on any atom is -0.462 e. The Morgan fingerprint density at radius 3 is 2.28 bits per heavy atom. The first-order chi connectivity index (χ1) is 12.1. The largest absolute Gasteiger partial charge is 0.462 e. The number of aryl methyl sites for hydroxylation is 1. The lowest BCUT2D eigenvalue weighted by molar-refractivity contribution is -0.0224.